The molecule has 2 aliphatic heterocycles. The van der Waals surface area contributed by atoms with Crippen LogP contribution in [0.2, 0.25) is 0 Å². The number of nitrogens with zero attached hydrogens (tertiary/aromatic N) is 3. The number of nitrogens with one attached hydrogen (secondary N) is 3. The van der Waals surface area contributed by atoms with E-state index in [1.807, 2.05) is 0 Å². The molecular formula is C16H30Cl2N6O. The molecule has 9 heteroatoms. The van der Waals surface area contributed by atoms with Gasteiger partial charge in [-0.3, -0.25) is 9.89 Å². The predicted molar refractivity (Wildman–Crippen MR) is 104 cm³/mol. The van der Waals surface area contributed by atoms with Crippen molar-refractivity contribution >= 4 is 30.7 Å². The van der Waals surface area contributed by atoms with Gasteiger partial charge in [0.15, 0.2) is 5.69 Å². The van der Waals surface area contributed by atoms with Crippen LogP contribution in [0.4, 0.5) is 0 Å². The maximum Gasteiger partial charge on any atom is 0.272 e. The molecule has 0 radical (unpaired) electrons. The largest absolute Gasteiger partial charge is 0.349 e. The number of hydrogen-bond donors (Lipinski definition) is 3. The number of likely N-dealkylation sites (tertiary alicyclic amines) is 1. The minimum atomic E-state index is -0.0608. The average molecular weight is 393 g/mol. The number of piperidine rings is 1. The number of aromatic nitrogens is 2. The highest BCUT2D eigenvalue weighted by atomic mass is 35.5. The van der Waals surface area contributed by atoms with Gasteiger partial charge >= 0.3 is 0 Å². The smallest absolute Gasteiger partial charge is 0.272 e. The summed E-state index contributed by atoms with van der Waals surface area (Å²) < 4.78 is 0. The van der Waals surface area contributed by atoms with Crippen LogP contribution in [-0.4, -0.2) is 78.8 Å². The van der Waals surface area contributed by atoms with Gasteiger partial charge in [-0.1, -0.05) is 0 Å². The fourth-order valence-corrected chi connectivity index (χ4v) is 3.48. The standard InChI is InChI=1S/C16H28N6O.2ClH/c1-21(2)12-4-8-22(9-5-12)10-7-18-16(23)15-13-11-17-6-3-14(13)19-20-15;;/h12,17H,3-11H2,1-2H3,(H,18,23)(H,19,20);2*1H. The summed E-state index contributed by atoms with van der Waals surface area (Å²) in [6, 6.07) is 0.698. The number of carbonyl (C=O) groups is 1. The summed E-state index contributed by atoms with van der Waals surface area (Å²) in [6.07, 6.45) is 3.33. The van der Waals surface area contributed by atoms with Crippen LogP contribution in [0.3, 0.4) is 0 Å². The van der Waals surface area contributed by atoms with Crippen molar-refractivity contribution in [1.29, 1.82) is 0 Å². The minimum Gasteiger partial charge on any atom is -0.349 e. The minimum absolute atomic E-state index is 0. The van der Waals surface area contributed by atoms with E-state index in [2.05, 4.69) is 44.7 Å². The number of carbonyl (C=O) groups excluding carboxylic acids is 1. The predicted octanol–water partition coefficient (Wildman–Crippen LogP) is 0.655. The Morgan fingerprint density at radius 1 is 1.32 bits per heavy atom. The molecule has 0 saturated carbocycles. The van der Waals surface area contributed by atoms with Gasteiger partial charge in [-0.15, -0.1) is 24.8 Å². The molecule has 3 rings (SSSR count). The molecule has 0 spiro atoms. The van der Waals surface area contributed by atoms with Gasteiger partial charge in [0, 0.05) is 49.9 Å². The molecule has 25 heavy (non-hydrogen) atoms. The van der Waals surface area contributed by atoms with Gasteiger partial charge in [-0.2, -0.15) is 5.10 Å². The highest BCUT2D eigenvalue weighted by Crippen LogP contribution is 2.15. The van der Waals surface area contributed by atoms with Crippen LogP contribution >= 0.6 is 24.8 Å². The Balaban J connectivity index is 0.00000156. The number of H-pyrrole nitrogens is 1. The average Bonchev–Trinajstić information content (AvgIpc) is 2.99. The zero-order valence-electron chi connectivity index (χ0n) is 15.0. The molecule has 0 aromatic carbocycles. The second-order valence-electron chi connectivity index (χ2n) is 6.75. The number of aromatic amines is 1. The third-order valence-electron chi connectivity index (χ3n) is 5.02. The van der Waals surface area contributed by atoms with Crippen LogP contribution in [0.15, 0.2) is 0 Å². The Morgan fingerprint density at radius 2 is 2.04 bits per heavy atom. The van der Waals surface area contributed by atoms with E-state index in [0.29, 0.717) is 18.3 Å². The third kappa shape index (κ3) is 5.56. The SMILES string of the molecule is CN(C)C1CCN(CCNC(=O)c2n[nH]c3c2CNCC3)CC1.Cl.Cl. The van der Waals surface area contributed by atoms with E-state index >= 15 is 0 Å². The first-order valence-electron chi connectivity index (χ1n) is 8.59. The molecule has 7 nitrogen and oxygen atoms in total. The van der Waals surface area contributed by atoms with Crippen molar-refractivity contribution < 1.29 is 4.79 Å². The van der Waals surface area contributed by atoms with Gasteiger partial charge in [0.1, 0.15) is 0 Å². The summed E-state index contributed by atoms with van der Waals surface area (Å²) >= 11 is 0. The zero-order chi connectivity index (χ0) is 16.2. The second kappa shape index (κ2) is 10.3. The first-order chi connectivity index (χ1) is 11.1. The molecule has 0 aliphatic carbocycles. The summed E-state index contributed by atoms with van der Waals surface area (Å²) in [5, 5.41) is 13.5. The normalized spacial score (nSPS) is 18.2. The number of fused-ring (bicyclic) bond motifs is 1. The first-order valence-corrected chi connectivity index (χ1v) is 8.59. The van der Waals surface area contributed by atoms with E-state index in [0.717, 1.165) is 50.4 Å². The van der Waals surface area contributed by atoms with E-state index in [-0.39, 0.29) is 30.7 Å². The third-order valence-corrected chi connectivity index (χ3v) is 5.02. The molecule has 1 fully saturated rings. The fraction of sp³-hybridized carbons (Fsp3) is 0.750. The van der Waals surface area contributed by atoms with Gasteiger partial charge in [0.05, 0.1) is 0 Å². The summed E-state index contributed by atoms with van der Waals surface area (Å²) in [6.45, 7) is 5.49. The summed E-state index contributed by atoms with van der Waals surface area (Å²) in [7, 11) is 4.31. The fourth-order valence-electron chi connectivity index (χ4n) is 3.48. The van der Waals surface area contributed by atoms with Crippen LogP contribution in [0.25, 0.3) is 0 Å². The van der Waals surface area contributed by atoms with Gasteiger partial charge in [0.2, 0.25) is 0 Å². The van der Waals surface area contributed by atoms with Crippen LogP contribution in [-0.2, 0) is 13.0 Å². The highest BCUT2D eigenvalue weighted by molar-refractivity contribution is 5.94. The van der Waals surface area contributed by atoms with Gasteiger partial charge in [0.25, 0.3) is 5.91 Å². The quantitative estimate of drug-likeness (QED) is 0.685. The van der Waals surface area contributed by atoms with E-state index in [9.17, 15) is 4.79 Å². The number of amides is 1. The van der Waals surface area contributed by atoms with Crippen LogP contribution in [0, 0.1) is 0 Å². The first kappa shape index (κ1) is 22.2. The van der Waals surface area contributed by atoms with Gasteiger partial charge in [-0.25, -0.2) is 0 Å². The van der Waals surface area contributed by atoms with Crippen LogP contribution in [0.1, 0.15) is 34.6 Å². The van der Waals surface area contributed by atoms with E-state index < -0.39 is 0 Å². The van der Waals surface area contributed by atoms with Crippen LogP contribution < -0.4 is 10.6 Å². The lowest BCUT2D eigenvalue weighted by molar-refractivity contribution is 0.0934. The number of hydrogen-bond acceptors (Lipinski definition) is 5. The Labute approximate surface area is 162 Å². The van der Waals surface area contributed by atoms with Gasteiger partial charge < -0.3 is 20.4 Å². The maximum absolute atomic E-state index is 12.3. The van der Waals surface area contributed by atoms with Crippen molar-refractivity contribution in [3.8, 4) is 0 Å². The molecule has 1 saturated heterocycles. The maximum atomic E-state index is 12.3. The van der Waals surface area contributed by atoms with Crippen molar-refractivity contribution in [2.24, 2.45) is 0 Å². The number of rotatable bonds is 5. The molecular weight excluding hydrogens is 363 g/mol. The zero-order valence-corrected chi connectivity index (χ0v) is 16.6. The Kier molecular flexibility index (Phi) is 9.16. The Bertz CT molecular complexity index is 543. The van der Waals surface area contributed by atoms with Crippen molar-refractivity contribution in [3.05, 3.63) is 17.0 Å². The van der Waals surface area contributed by atoms with Crippen molar-refractivity contribution in [2.75, 3.05) is 46.8 Å². The summed E-state index contributed by atoms with van der Waals surface area (Å²) in [5.41, 5.74) is 2.68. The van der Waals surface area contributed by atoms with Crippen LogP contribution in [0.5, 0.6) is 0 Å². The summed E-state index contributed by atoms with van der Waals surface area (Å²) in [4.78, 5) is 17.1. The van der Waals surface area contributed by atoms with E-state index in [1.165, 1.54) is 12.8 Å². The van der Waals surface area contributed by atoms with Crippen molar-refractivity contribution in [3.63, 3.8) is 0 Å². The summed E-state index contributed by atoms with van der Waals surface area (Å²) in [5.74, 6) is -0.0608. The molecule has 2 aliphatic rings. The molecule has 0 atom stereocenters. The topological polar surface area (TPSA) is 76.3 Å². The molecule has 0 unspecified atom stereocenters. The monoisotopic (exact) mass is 392 g/mol. The molecule has 0 bridgehead atoms. The Hall–Kier alpha value is -0.860. The molecule has 1 aromatic rings. The van der Waals surface area contributed by atoms with Crippen molar-refractivity contribution in [1.82, 2.24) is 30.6 Å². The van der Waals surface area contributed by atoms with E-state index in [4.69, 9.17) is 0 Å². The second-order valence-corrected chi connectivity index (χ2v) is 6.75. The molecule has 1 amide bonds. The molecule has 1 aromatic heterocycles. The van der Waals surface area contributed by atoms with Crippen molar-refractivity contribution in [2.45, 2.75) is 31.8 Å². The van der Waals surface area contributed by atoms with Gasteiger partial charge in [-0.05, 0) is 40.0 Å². The highest BCUT2D eigenvalue weighted by Gasteiger charge is 2.22. The Morgan fingerprint density at radius 3 is 2.72 bits per heavy atom. The van der Waals surface area contributed by atoms with E-state index in [1.54, 1.807) is 0 Å². The molecule has 3 N–H and O–H groups in total. The molecule has 3 heterocycles. The lowest BCUT2D eigenvalue weighted by atomic mass is 10.0. The lowest BCUT2D eigenvalue weighted by Gasteiger charge is -2.35. The number of halogens is 2. The molecule has 144 valence electrons. The lowest BCUT2D eigenvalue weighted by Crippen LogP contribution is -2.44.